The Kier molecular flexibility index (Phi) is 3.76. The summed E-state index contributed by atoms with van der Waals surface area (Å²) in [5.41, 5.74) is 0.609. The highest BCUT2D eigenvalue weighted by atomic mass is 32.1. The van der Waals surface area contributed by atoms with Crippen molar-refractivity contribution in [1.82, 2.24) is 0 Å². The molecule has 0 fully saturated rings. The predicted octanol–water partition coefficient (Wildman–Crippen LogP) is 3.04. The number of ether oxygens (including phenoxy) is 1. The number of carbonyl (C=O) groups excluding carboxylic acids is 1. The lowest BCUT2D eigenvalue weighted by atomic mass is 10.2. The minimum absolute atomic E-state index is 0.341. The van der Waals surface area contributed by atoms with Crippen LogP contribution in [-0.2, 0) is 4.74 Å². The second-order valence-electron chi connectivity index (χ2n) is 3.46. The van der Waals surface area contributed by atoms with Crippen molar-refractivity contribution in [2.45, 2.75) is 0 Å². The predicted molar refractivity (Wildman–Crippen MR) is 69.4 cm³/mol. The first-order chi connectivity index (χ1) is 9.11. The van der Waals surface area contributed by atoms with Crippen LogP contribution in [0.1, 0.15) is 15.4 Å². The van der Waals surface area contributed by atoms with E-state index >= 15 is 0 Å². The number of thiophene rings is 1. The molecule has 2 aromatic heterocycles. The SMILES string of the molecule is COC(=O)c1sccc1-c1ccc(C=C[N+](=O)[O-])o1. The van der Waals surface area contributed by atoms with Gasteiger partial charge in [-0.25, -0.2) is 4.79 Å². The maximum Gasteiger partial charge on any atom is 0.348 e. The average molecular weight is 279 g/mol. The van der Waals surface area contributed by atoms with Gasteiger partial charge >= 0.3 is 5.97 Å². The van der Waals surface area contributed by atoms with Crippen molar-refractivity contribution in [3.63, 3.8) is 0 Å². The Morgan fingerprint density at radius 3 is 2.95 bits per heavy atom. The topological polar surface area (TPSA) is 82.6 Å². The number of nitrogens with zero attached hydrogens (tertiary/aromatic N) is 1. The Labute approximate surface area is 112 Å². The standard InChI is InChI=1S/C12H9NO5S/c1-17-12(14)11-9(5-7-19-11)10-3-2-8(18-10)4-6-13(15)16/h2-7H,1H3. The summed E-state index contributed by atoms with van der Waals surface area (Å²) < 4.78 is 10.1. The van der Waals surface area contributed by atoms with Crippen molar-refractivity contribution in [3.05, 3.63) is 50.5 Å². The Balaban J connectivity index is 2.31. The molecule has 0 amide bonds. The maximum atomic E-state index is 11.5. The van der Waals surface area contributed by atoms with Crippen LogP contribution in [-0.4, -0.2) is 18.0 Å². The van der Waals surface area contributed by atoms with E-state index in [2.05, 4.69) is 4.74 Å². The second-order valence-corrected chi connectivity index (χ2v) is 4.37. The molecular formula is C12H9NO5S. The van der Waals surface area contributed by atoms with Gasteiger partial charge in [0.25, 0.3) is 0 Å². The molecule has 0 unspecified atom stereocenters. The van der Waals surface area contributed by atoms with E-state index < -0.39 is 10.9 Å². The maximum absolute atomic E-state index is 11.5. The summed E-state index contributed by atoms with van der Waals surface area (Å²) in [5, 5.41) is 12.0. The van der Waals surface area contributed by atoms with Gasteiger partial charge in [-0.2, -0.15) is 0 Å². The van der Waals surface area contributed by atoms with Crippen LogP contribution in [0.2, 0.25) is 0 Å². The van der Waals surface area contributed by atoms with Gasteiger partial charge in [-0.1, -0.05) is 0 Å². The number of nitro groups is 1. The van der Waals surface area contributed by atoms with Crippen molar-refractivity contribution in [2.24, 2.45) is 0 Å². The molecule has 0 aliphatic carbocycles. The fourth-order valence-corrected chi connectivity index (χ4v) is 2.29. The van der Waals surface area contributed by atoms with Crippen LogP contribution in [0.5, 0.6) is 0 Å². The van der Waals surface area contributed by atoms with E-state index in [0.717, 1.165) is 6.20 Å². The zero-order valence-corrected chi connectivity index (χ0v) is 10.7. The van der Waals surface area contributed by atoms with Crippen LogP contribution in [0.4, 0.5) is 0 Å². The molecule has 0 spiro atoms. The van der Waals surface area contributed by atoms with E-state index in [1.165, 1.54) is 24.5 Å². The molecule has 0 aromatic carbocycles. The van der Waals surface area contributed by atoms with Crippen molar-refractivity contribution >= 4 is 23.4 Å². The van der Waals surface area contributed by atoms with Gasteiger partial charge in [0, 0.05) is 5.56 Å². The molecule has 0 bridgehead atoms. The summed E-state index contributed by atoms with van der Waals surface area (Å²) in [7, 11) is 1.30. The highest BCUT2D eigenvalue weighted by Crippen LogP contribution is 2.30. The summed E-state index contributed by atoms with van der Waals surface area (Å²) >= 11 is 1.24. The molecule has 0 radical (unpaired) electrons. The van der Waals surface area contributed by atoms with Crippen molar-refractivity contribution in [3.8, 4) is 11.3 Å². The quantitative estimate of drug-likeness (QED) is 0.488. The van der Waals surface area contributed by atoms with Gasteiger partial charge in [-0.3, -0.25) is 10.1 Å². The van der Waals surface area contributed by atoms with E-state index in [1.807, 2.05) is 0 Å². The lowest BCUT2D eigenvalue weighted by Gasteiger charge is -1.98. The molecule has 0 saturated carbocycles. The smallest absolute Gasteiger partial charge is 0.348 e. The van der Waals surface area contributed by atoms with Gasteiger partial charge in [0.1, 0.15) is 16.4 Å². The zero-order valence-electron chi connectivity index (χ0n) is 9.86. The number of rotatable bonds is 4. The minimum Gasteiger partial charge on any atom is -0.465 e. The Morgan fingerprint density at radius 2 is 2.26 bits per heavy atom. The third-order valence-corrected chi connectivity index (χ3v) is 3.18. The number of carbonyl (C=O) groups is 1. The van der Waals surface area contributed by atoms with Crippen molar-refractivity contribution in [1.29, 1.82) is 0 Å². The Bertz CT molecular complexity index is 640. The van der Waals surface area contributed by atoms with Gasteiger partial charge in [0.2, 0.25) is 6.20 Å². The lowest BCUT2D eigenvalue weighted by molar-refractivity contribution is -0.401. The summed E-state index contributed by atoms with van der Waals surface area (Å²) in [4.78, 5) is 21.6. The molecule has 2 rings (SSSR count). The summed E-state index contributed by atoms with van der Waals surface area (Å²) in [6.45, 7) is 0. The first kappa shape index (κ1) is 13.0. The van der Waals surface area contributed by atoms with E-state index in [0.29, 0.717) is 22.0 Å². The largest absolute Gasteiger partial charge is 0.465 e. The molecule has 2 aromatic rings. The normalized spacial score (nSPS) is 10.8. The monoisotopic (exact) mass is 279 g/mol. The molecule has 0 N–H and O–H groups in total. The summed E-state index contributed by atoms with van der Waals surface area (Å²) in [5.74, 6) is 0.363. The van der Waals surface area contributed by atoms with Crippen LogP contribution < -0.4 is 0 Å². The molecule has 0 aliphatic rings. The van der Waals surface area contributed by atoms with Gasteiger partial charge in [0.05, 0.1) is 18.1 Å². The molecule has 0 saturated heterocycles. The minimum atomic E-state index is -0.577. The summed E-state index contributed by atoms with van der Waals surface area (Å²) in [6.07, 6.45) is 2.03. The molecule has 19 heavy (non-hydrogen) atoms. The van der Waals surface area contributed by atoms with Crippen LogP contribution >= 0.6 is 11.3 Å². The highest BCUT2D eigenvalue weighted by molar-refractivity contribution is 7.12. The fraction of sp³-hybridized carbons (Fsp3) is 0.0833. The zero-order chi connectivity index (χ0) is 13.8. The number of methoxy groups -OCH3 is 1. The number of hydrogen-bond donors (Lipinski definition) is 0. The third kappa shape index (κ3) is 2.89. The van der Waals surface area contributed by atoms with Gasteiger partial charge < -0.3 is 9.15 Å². The molecular weight excluding hydrogens is 270 g/mol. The number of hydrogen-bond acceptors (Lipinski definition) is 6. The molecule has 98 valence electrons. The first-order valence-corrected chi connectivity index (χ1v) is 6.07. The van der Waals surface area contributed by atoms with E-state index in [9.17, 15) is 14.9 Å². The summed E-state index contributed by atoms with van der Waals surface area (Å²) in [6, 6.07) is 4.97. The lowest BCUT2D eigenvalue weighted by Crippen LogP contribution is -1.99. The fourth-order valence-electron chi connectivity index (χ4n) is 1.48. The van der Waals surface area contributed by atoms with Gasteiger partial charge in [-0.15, -0.1) is 11.3 Å². The van der Waals surface area contributed by atoms with Crippen LogP contribution in [0.3, 0.4) is 0 Å². The highest BCUT2D eigenvalue weighted by Gasteiger charge is 2.17. The van der Waals surface area contributed by atoms with E-state index in [4.69, 9.17) is 4.42 Å². The second kappa shape index (κ2) is 5.49. The number of furan rings is 1. The van der Waals surface area contributed by atoms with Crippen molar-refractivity contribution < 1.29 is 18.9 Å². The molecule has 7 heteroatoms. The van der Waals surface area contributed by atoms with Crippen LogP contribution in [0, 0.1) is 10.1 Å². The molecule has 0 aliphatic heterocycles. The molecule has 2 heterocycles. The van der Waals surface area contributed by atoms with Crippen LogP contribution in [0.15, 0.2) is 34.2 Å². The molecule has 6 nitrogen and oxygen atoms in total. The van der Waals surface area contributed by atoms with Crippen molar-refractivity contribution in [2.75, 3.05) is 7.11 Å². The van der Waals surface area contributed by atoms with E-state index in [1.54, 1.807) is 23.6 Å². The third-order valence-electron chi connectivity index (χ3n) is 2.29. The Morgan fingerprint density at radius 1 is 1.47 bits per heavy atom. The van der Waals surface area contributed by atoms with Gasteiger partial charge in [0.15, 0.2) is 0 Å². The van der Waals surface area contributed by atoms with Gasteiger partial charge in [-0.05, 0) is 23.6 Å². The number of esters is 1. The Hall–Kier alpha value is -2.41. The van der Waals surface area contributed by atoms with Crippen LogP contribution in [0.25, 0.3) is 17.4 Å². The first-order valence-electron chi connectivity index (χ1n) is 5.19. The average Bonchev–Trinajstić information content (AvgIpc) is 3.03. The van der Waals surface area contributed by atoms with E-state index in [-0.39, 0.29) is 0 Å². The molecule has 0 atom stereocenters.